The Morgan fingerprint density at radius 1 is 1.21 bits per heavy atom. The molecule has 1 aliphatic carbocycles. The number of benzene rings is 1. The Bertz CT molecular complexity index is 1060. The van der Waals surface area contributed by atoms with Gasteiger partial charge >= 0.3 is 17.6 Å². The van der Waals surface area contributed by atoms with Crippen LogP contribution in [0.25, 0.3) is 11.0 Å². The Hall–Kier alpha value is -3.16. The largest absolute Gasteiger partial charge is 0.425 e. The first-order valence-corrected chi connectivity index (χ1v) is 9.20. The molecule has 1 aliphatic heterocycles. The molecule has 146 valence electrons. The van der Waals surface area contributed by atoms with Crippen molar-refractivity contribution >= 4 is 28.9 Å². The summed E-state index contributed by atoms with van der Waals surface area (Å²) in [4.78, 5) is 49.8. The number of esters is 1. The van der Waals surface area contributed by atoms with Gasteiger partial charge in [0.2, 0.25) is 0 Å². The highest BCUT2D eigenvalue weighted by Crippen LogP contribution is 2.35. The van der Waals surface area contributed by atoms with Gasteiger partial charge in [-0.3, -0.25) is 9.69 Å². The van der Waals surface area contributed by atoms with Gasteiger partial charge in [-0.2, -0.15) is 0 Å². The molecule has 28 heavy (non-hydrogen) atoms. The van der Waals surface area contributed by atoms with E-state index >= 15 is 0 Å². The molecule has 1 saturated heterocycles. The summed E-state index contributed by atoms with van der Waals surface area (Å²) in [7, 11) is 0. The number of aryl methyl sites for hydroxylation is 2. The van der Waals surface area contributed by atoms with Crippen molar-refractivity contribution in [3.63, 3.8) is 0 Å². The maximum Gasteiger partial charge on any atom is 0.336 e. The lowest BCUT2D eigenvalue weighted by molar-refractivity contribution is -0.141. The van der Waals surface area contributed by atoms with E-state index in [-0.39, 0.29) is 11.7 Å². The number of rotatable bonds is 3. The van der Waals surface area contributed by atoms with Gasteiger partial charge in [0.05, 0.1) is 0 Å². The number of imide groups is 1. The third kappa shape index (κ3) is 2.85. The quantitative estimate of drug-likeness (QED) is 0.376. The number of carbonyl (C=O) groups excluding carboxylic acids is 3. The highest BCUT2D eigenvalue weighted by Gasteiger charge is 2.52. The number of nitrogens with zero attached hydrogens (tertiary/aromatic N) is 1. The molecule has 1 saturated carbocycles. The minimum atomic E-state index is -0.864. The molecule has 3 amide bonds. The van der Waals surface area contributed by atoms with Crippen molar-refractivity contribution in [2.24, 2.45) is 0 Å². The summed E-state index contributed by atoms with van der Waals surface area (Å²) in [6.07, 6.45) is 2.91. The van der Waals surface area contributed by atoms with Gasteiger partial charge < -0.3 is 14.5 Å². The van der Waals surface area contributed by atoms with Gasteiger partial charge in [-0.25, -0.2) is 14.4 Å². The van der Waals surface area contributed by atoms with Crippen LogP contribution in [-0.2, 0) is 9.59 Å². The molecular weight excluding hydrogens is 364 g/mol. The lowest BCUT2D eigenvalue weighted by atomic mass is 9.98. The van der Waals surface area contributed by atoms with Crippen molar-refractivity contribution in [1.82, 2.24) is 10.2 Å². The number of fused-ring (bicyclic) bond motifs is 1. The van der Waals surface area contributed by atoms with E-state index in [9.17, 15) is 19.2 Å². The number of hydrogen-bond donors (Lipinski definition) is 1. The average molecular weight is 384 g/mol. The molecule has 4 rings (SSSR count). The van der Waals surface area contributed by atoms with E-state index in [1.54, 1.807) is 26.0 Å². The predicted molar refractivity (Wildman–Crippen MR) is 99.0 cm³/mol. The van der Waals surface area contributed by atoms with E-state index in [0.29, 0.717) is 24.0 Å². The number of amides is 3. The van der Waals surface area contributed by atoms with Crippen molar-refractivity contribution < 1.29 is 23.5 Å². The molecule has 8 heteroatoms. The minimum Gasteiger partial charge on any atom is -0.425 e. The zero-order valence-electron chi connectivity index (χ0n) is 15.7. The number of nitrogens with one attached hydrogen (secondary N) is 1. The van der Waals surface area contributed by atoms with Crippen LogP contribution in [0.3, 0.4) is 0 Å². The third-order valence-electron chi connectivity index (χ3n) is 5.53. The first kappa shape index (κ1) is 18.2. The maximum atomic E-state index is 12.6. The summed E-state index contributed by atoms with van der Waals surface area (Å²) < 4.78 is 10.6. The molecule has 2 aromatic rings. The summed E-state index contributed by atoms with van der Waals surface area (Å²) in [5.41, 5.74) is 0.245. The molecule has 1 N–H and O–H groups in total. The second kappa shape index (κ2) is 6.47. The van der Waals surface area contributed by atoms with Crippen molar-refractivity contribution in [2.75, 3.05) is 6.54 Å². The molecule has 2 fully saturated rings. The van der Waals surface area contributed by atoms with Crippen molar-refractivity contribution in [2.45, 2.75) is 45.1 Å². The fourth-order valence-corrected chi connectivity index (χ4v) is 4.03. The first-order chi connectivity index (χ1) is 13.3. The number of carbonyl (C=O) groups is 3. The highest BCUT2D eigenvalue weighted by atomic mass is 16.5. The summed E-state index contributed by atoms with van der Waals surface area (Å²) >= 11 is 0. The van der Waals surface area contributed by atoms with Crippen LogP contribution in [0.4, 0.5) is 4.79 Å². The van der Waals surface area contributed by atoms with Crippen LogP contribution in [0.5, 0.6) is 5.75 Å². The molecule has 2 heterocycles. The summed E-state index contributed by atoms with van der Waals surface area (Å²) in [6, 6.07) is 4.13. The second-order valence-electron chi connectivity index (χ2n) is 7.40. The lowest BCUT2D eigenvalue weighted by Gasteiger charge is -2.19. The molecule has 2 aliphatic rings. The van der Waals surface area contributed by atoms with Gasteiger partial charge in [0.25, 0.3) is 5.91 Å². The zero-order chi connectivity index (χ0) is 20.1. The second-order valence-corrected chi connectivity index (χ2v) is 7.40. The standard InChI is InChI=1S/C20H20N2O6/c1-11-9-15(23)28-17-12(2)14(6-5-13(11)17)27-16(24)10-22-18(25)20(21-19(22)26)7-3-4-8-20/h5-6,9H,3-4,7-8,10H2,1-2H3,(H,21,26). The van der Waals surface area contributed by atoms with Crippen LogP contribution >= 0.6 is 0 Å². The monoisotopic (exact) mass is 384 g/mol. The smallest absolute Gasteiger partial charge is 0.336 e. The number of hydrogen-bond acceptors (Lipinski definition) is 6. The predicted octanol–water partition coefficient (Wildman–Crippen LogP) is 2.18. The van der Waals surface area contributed by atoms with E-state index < -0.39 is 29.7 Å². The van der Waals surface area contributed by atoms with Gasteiger partial charge in [0.15, 0.2) is 0 Å². The Labute approximate surface area is 160 Å². The molecule has 0 unspecified atom stereocenters. The Balaban J connectivity index is 1.54. The number of ether oxygens (including phenoxy) is 1. The average Bonchev–Trinajstić information content (AvgIpc) is 3.19. The van der Waals surface area contributed by atoms with Crippen LogP contribution in [0, 0.1) is 13.8 Å². The molecule has 0 bridgehead atoms. The molecular formula is C20H20N2O6. The van der Waals surface area contributed by atoms with Crippen LogP contribution in [0.2, 0.25) is 0 Å². The third-order valence-corrected chi connectivity index (χ3v) is 5.53. The van der Waals surface area contributed by atoms with Crippen LogP contribution in [0.1, 0.15) is 36.8 Å². The van der Waals surface area contributed by atoms with Crippen molar-refractivity contribution in [3.05, 3.63) is 39.7 Å². The zero-order valence-corrected chi connectivity index (χ0v) is 15.7. The summed E-state index contributed by atoms with van der Waals surface area (Å²) in [6.45, 7) is 3.00. The Morgan fingerprint density at radius 3 is 2.64 bits per heavy atom. The van der Waals surface area contributed by atoms with Gasteiger partial charge in [-0.1, -0.05) is 12.8 Å². The molecule has 1 spiro atoms. The van der Waals surface area contributed by atoms with Gasteiger partial charge in [0.1, 0.15) is 23.4 Å². The topological polar surface area (TPSA) is 106 Å². The van der Waals surface area contributed by atoms with Crippen LogP contribution in [0.15, 0.2) is 27.4 Å². The van der Waals surface area contributed by atoms with E-state index in [2.05, 4.69) is 5.32 Å². The first-order valence-electron chi connectivity index (χ1n) is 9.20. The molecule has 0 radical (unpaired) electrons. The SMILES string of the molecule is Cc1cc(=O)oc2c(C)c(OC(=O)CN3C(=O)NC4(CCCC4)C3=O)ccc12. The van der Waals surface area contributed by atoms with Gasteiger partial charge in [-0.05, 0) is 44.4 Å². The van der Waals surface area contributed by atoms with E-state index in [1.807, 2.05) is 0 Å². The fourth-order valence-electron chi connectivity index (χ4n) is 4.03. The molecule has 8 nitrogen and oxygen atoms in total. The van der Waals surface area contributed by atoms with Crippen LogP contribution < -0.4 is 15.7 Å². The van der Waals surface area contributed by atoms with E-state index in [0.717, 1.165) is 28.7 Å². The van der Waals surface area contributed by atoms with Crippen LogP contribution in [-0.4, -0.2) is 34.9 Å². The molecule has 1 aromatic heterocycles. The summed E-state index contributed by atoms with van der Waals surface area (Å²) in [5, 5.41) is 3.47. The Kier molecular flexibility index (Phi) is 4.21. The normalized spacial score (nSPS) is 18.1. The summed E-state index contributed by atoms with van der Waals surface area (Å²) in [5.74, 6) is -0.895. The fraction of sp³-hybridized carbons (Fsp3) is 0.400. The highest BCUT2D eigenvalue weighted by molar-refractivity contribution is 6.09. The minimum absolute atomic E-state index is 0.217. The van der Waals surface area contributed by atoms with Gasteiger partial charge in [0, 0.05) is 17.0 Å². The maximum absolute atomic E-state index is 12.6. The molecule has 0 atom stereocenters. The van der Waals surface area contributed by atoms with Crippen molar-refractivity contribution in [3.8, 4) is 5.75 Å². The Morgan fingerprint density at radius 2 is 1.93 bits per heavy atom. The number of urea groups is 1. The molecule has 1 aromatic carbocycles. The van der Waals surface area contributed by atoms with E-state index in [4.69, 9.17) is 9.15 Å². The lowest BCUT2D eigenvalue weighted by Crippen LogP contribution is -2.44. The van der Waals surface area contributed by atoms with Gasteiger partial charge in [-0.15, -0.1) is 0 Å². The van der Waals surface area contributed by atoms with Crippen molar-refractivity contribution in [1.29, 1.82) is 0 Å². The van der Waals surface area contributed by atoms with E-state index in [1.165, 1.54) is 6.07 Å².